The van der Waals surface area contributed by atoms with E-state index in [0.29, 0.717) is 13.1 Å². The highest BCUT2D eigenvalue weighted by molar-refractivity contribution is 7.19. The number of thiophene rings is 1. The standard InChI is InChI=1S/C18H24N4O2S/c23-12-9-22(10-12)17-16-13-3-1-2-4-14(13)25-18(16)20-15(19-17)11-21-5-7-24-8-6-21/h12,23H,1-11H2. The lowest BCUT2D eigenvalue weighted by Crippen LogP contribution is -2.51. The largest absolute Gasteiger partial charge is 0.389 e. The smallest absolute Gasteiger partial charge is 0.146 e. The van der Waals surface area contributed by atoms with E-state index in [-0.39, 0.29) is 6.10 Å². The van der Waals surface area contributed by atoms with E-state index in [4.69, 9.17) is 14.7 Å². The van der Waals surface area contributed by atoms with Crippen LogP contribution in [-0.4, -0.2) is 65.5 Å². The number of ether oxygens (including phenoxy) is 1. The first-order valence-electron chi connectivity index (χ1n) is 9.32. The highest BCUT2D eigenvalue weighted by atomic mass is 32.1. The molecule has 1 N–H and O–H groups in total. The average Bonchev–Trinajstić information content (AvgIpc) is 2.98. The topological polar surface area (TPSA) is 61.7 Å². The Bertz CT molecular complexity index is 781. The summed E-state index contributed by atoms with van der Waals surface area (Å²) in [7, 11) is 0. The molecule has 0 unspecified atom stereocenters. The summed E-state index contributed by atoms with van der Waals surface area (Å²) in [5.74, 6) is 1.96. The van der Waals surface area contributed by atoms with Crippen LogP contribution in [0.2, 0.25) is 0 Å². The molecule has 6 nitrogen and oxygen atoms in total. The maximum absolute atomic E-state index is 9.77. The molecule has 0 bridgehead atoms. The van der Waals surface area contributed by atoms with Crippen LogP contribution in [0.15, 0.2) is 0 Å². The Hall–Kier alpha value is -1.28. The first-order valence-corrected chi connectivity index (χ1v) is 10.1. The zero-order valence-corrected chi connectivity index (χ0v) is 15.2. The second-order valence-corrected chi connectivity index (χ2v) is 8.39. The van der Waals surface area contributed by atoms with Gasteiger partial charge in [0.25, 0.3) is 0 Å². The van der Waals surface area contributed by atoms with Gasteiger partial charge in [0.1, 0.15) is 16.5 Å². The van der Waals surface area contributed by atoms with E-state index in [0.717, 1.165) is 55.7 Å². The van der Waals surface area contributed by atoms with Crippen LogP contribution in [-0.2, 0) is 24.1 Å². The maximum Gasteiger partial charge on any atom is 0.146 e. The minimum Gasteiger partial charge on any atom is -0.389 e. The lowest BCUT2D eigenvalue weighted by Gasteiger charge is -2.37. The first-order chi connectivity index (χ1) is 12.3. The Kier molecular flexibility index (Phi) is 4.12. The van der Waals surface area contributed by atoms with Gasteiger partial charge in [0.2, 0.25) is 0 Å². The molecule has 2 aliphatic heterocycles. The molecule has 25 heavy (non-hydrogen) atoms. The zero-order valence-electron chi connectivity index (χ0n) is 14.4. The van der Waals surface area contributed by atoms with Gasteiger partial charge in [-0.05, 0) is 31.2 Å². The van der Waals surface area contributed by atoms with E-state index in [9.17, 15) is 5.11 Å². The van der Waals surface area contributed by atoms with Crippen LogP contribution in [0.5, 0.6) is 0 Å². The highest BCUT2D eigenvalue weighted by Crippen LogP contribution is 2.40. The van der Waals surface area contributed by atoms with E-state index in [1.54, 1.807) is 0 Å². The Morgan fingerprint density at radius 2 is 1.92 bits per heavy atom. The number of aliphatic hydroxyl groups excluding tert-OH is 1. The number of aryl methyl sites for hydroxylation is 2. The summed E-state index contributed by atoms with van der Waals surface area (Å²) in [6.45, 7) is 5.63. The van der Waals surface area contributed by atoms with Crippen molar-refractivity contribution >= 4 is 27.4 Å². The molecule has 0 amide bonds. The van der Waals surface area contributed by atoms with Gasteiger partial charge in [-0.15, -0.1) is 11.3 Å². The molecule has 2 aromatic rings. The van der Waals surface area contributed by atoms with Crippen molar-refractivity contribution in [1.82, 2.24) is 14.9 Å². The van der Waals surface area contributed by atoms with Crippen molar-refractivity contribution in [1.29, 1.82) is 0 Å². The second-order valence-electron chi connectivity index (χ2n) is 7.30. The summed E-state index contributed by atoms with van der Waals surface area (Å²) in [6.07, 6.45) is 4.65. The van der Waals surface area contributed by atoms with Gasteiger partial charge in [0.15, 0.2) is 0 Å². The van der Waals surface area contributed by atoms with E-state index in [2.05, 4.69) is 9.80 Å². The van der Waals surface area contributed by atoms with Crippen molar-refractivity contribution in [2.24, 2.45) is 0 Å². The third-order valence-corrected chi connectivity index (χ3v) is 6.66. The molecule has 0 radical (unpaired) electrons. The number of hydrogen-bond acceptors (Lipinski definition) is 7. The van der Waals surface area contributed by atoms with Crippen LogP contribution in [0.1, 0.15) is 29.1 Å². The Labute approximate surface area is 151 Å². The molecular weight excluding hydrogens is 336 g/mol. The molecule has 0 aromatic carbocycles. The van der Waals surface area contributed by atoms with Crippen LogP contribution in [0.3, 0.4) is 0 Å². The Morgan fingerprint density at radius 3 is 2.72 bits per heavy atom. The van der Waals surface area contributed by atoms with Gasteiger partial charge < -0.3 is 14.7 Å². The molecule has 0 atom stereocenters. The van der Waals surface area contributed by atoms with Crippen molar-refractivity contribution in [2.75, 3.05) is 44.3 Å². The summed E-state index contributed by atoms with van der Waals surface area (Å²) in [5.41, 5.74) is 1.47. The van der Waals surface area contributed by atoms with Gasteiger partial charge in [0.05, 0.1) is 31.2 Å². The quantitative estimate of drug-likeness (QED) is 0.897. The van der Waals surface area contributed by atoms with Crippen molar-refractivity contribution in [2.45, 2.75) is 38.3 Å². The van der Waals surface area contributed by atoms with Crippen molar-refractivity contribution in [3.63, 3.8) is 0 Å². The minimum atomic E-state index is -0.220. The minimum absolute atomic E-state index is 0.220. The van der Waals surface area contributed by atoms with Crippen LogP contribution < -0.4 is 4.90 Å². The number of fused-ring (bicyclic) bond motifs is 3. The van der Waals surface area contributed by atoms with Crippen molar-refractivity contribution in [3.8, 4) is 0 Å². The van der Waals surface area contributed by atoms with Crippen molar-refractivity contribution in [3.05, 3.63) is 16.3 Å². The number of aliphatic hydroxyl groups is 1. The van der Waals surface area contributed by atoms with Crippen LogP contribution in [0.4, 0.5) is 5.82 Å². The summed E-state index contributed by atoms with van der Waals surface area (Å²) in [5, 5.41) is 11.0. The predicted octanol–water partition coefficient (Wildman–Crippen LogP) is 1.58. The van der Waals surface area contributed by atoms with Crippen LogP contribution >= 0.6 is 11.3 Å². The molecule has 4 heterocycles. The Morgan fingerprint density at radius 1 is 1.12 bits per heavy atom. The van der Waals surface area contributed by atoms with Gasteiger partial charge in [0, 0.05) is 31.1 Å². The molecule has 2 saturated heterocycles. The van der Waals surface area contributed by atoms with Gasteiger partial charge in [-0.3, -0.25) is 4.90 Å². The van der Waals surface area contributed by atoms with E-state index < -0.39 is 0 Å². The molecule has 0 spiro atoms. The monoisotopic (exact) mass is 360 g/mol. The van der Waals surface area contributed by atoms with Gasteiger partial charge in [-0.2, -0.15) is 0 Å². The van der Waals surface area contributed by atoms with Gasteiger partial charge >= 0.3 is 0 Å². The summed E-state index contributed by atoms with van der Waals surface area (Å²) in [6, 6.07) is 0. The molecule has 1 aliphatic carbocycles. The summed E-state index contributed by atoms with van der Waals surface area (Å²) < 4.78 is 5.45. The fourth-order valence-corrected chi connectivity index (χ4v) is 5.34. The second kappa shape index (κ2) is 6.46. The average molecular weight is 360 g/mol. The van der Waals surface area contributed by atoms with Gasteiger partial charge in [-0.25, -0.2) is 9.97 Å². The van der Waals surface area contributed by atoms with E-state index in [1.165, 1.54) is 35.1 Å². The number of β-amino-alcohol motifs (C(OH)–C–C–N with tert-alkyl or cyclic N) is 1. The van der Waals surface area contributed by atoms with E-state index in [1.807, 2.05) is 11.3 Å². The predicted molar refractivity (Wildman–Crippen MR) is 98.4 cm³/mol. The molecule has 5 rings (SSSR count). The molecule has 3 aliphatic rings. The summed E-state index contributed by atoms with van der Waals surface area (Å²) in [4.78, 5) is 17.1. The number of rotatable bonds is 3. The molecule has 7 heteroatoms. The van der Waals surface area contributed by atoms with Crippen molar-refractivity contribution < 1.29 is 9.84 Å². The number of nitrogens with zero attached hydrogens (tertiary/aromatic N) is 4. The number of aromatic nitrogens is 2. The molecule has 0 saturated carbocycles. The zero-order chi connectivity index (χ0) is 16.8. The molecule has 134 valence electrons. The summed E-state index contributed by atoms with van der Waals surface area (Å²) >= 11 is 1.86. The Balaban J connectivity index is 1.55. The third-order valence-electron chi connectivity index (χ3n) is 5.47. The highest BCUT2D eigenvalue weighted by Gasteiger charge is 2.30. The lowest BCUT2D eigenvalue weighted by atomic mass is 9.96. The molecule has 2 fully saturated rings. The fourth-order valence-electron chi connectivity index (χ4n) is 4.07. The maximum atomic E-state index is 9.77. The molecular formula is C18H24N4O2S. The third kappa shape index (κ3) is 2.93. The SMILES string of the molecule is OC1CN(c2nc(CN3CCOCC3)nc3sc4c(c23)CCCC4)C1. The van der Waals surface area contributed by atoms with Crippen LogP contribution in [0, 0.1) is 0 Å². The fraction of sp³-hybridized carbons (Fsp3) is 0.667. The molecule has 2 aromatic heterocycles. The number of anilines is 1. The van der Waals surface area contributed by atoms with Crippen LogP contribution in [0.25, 0.3) is 10.2 Å². The van der Waals surface area contributed by atoms with E-state index >= 15 is 0 Å². The number of hydrogen-bond donors (Lipinski definition) is 1. The normalized spacial score (nSPS) is 22.2. The number of morpholine rings is 1. The first kappa shape index (κ1) is 15.9. The lowest BCUT2D eigenvalue weighted by molar-refractivity contribution is 0.0331. The van der Waals surface area contributed by atoms with Gasteiger partial charge in [-0.1, -0.05) is 0 Å².